The van der Waals surface area contributed by atoms with Crippen LogP contribution in [0.25, 0.3) is 0 Å². The summed E-state index contributed by atoms with van der Waals surface area (Å²) in [4.78, 5) is 18.0. The minimum absolute atomic E-state index is 0.0719. The Hall–Kier alpha value is -1.73. The van der Waals surface area contributed by atoms with Crippen molar-refractivity contribution in [3.63, 3.8) is 0 Å². The molecule has 0 aromatic heterocycles. The number of Topliss-reactive ketones (excluding diaryl/α,β-unsaturated/α-hetero) is 1. The predicted molar refractivity (Wildman–Crippen MR) is 116 cm³/mol. The summed E-state index contributed by atoms with van der Waals surface area (Å²) in [7, 11) is 0. The molecular formula is C23H29FN2O2S. The molecule has 0 bridgehead atoms. The Morgan fingerprint density at radius 3 is 2.34 bits per heavy atom. The lowest BCUT2D eigenvalue weighted by Gasteiger charge is -2.35. The van der Waals surface area contributed by atoms with E-state index < -0.39 is 0 Å². The van der Waals surface area contributed by atoms with Crippen LogP contribution in [0.2, 0.25) is 0 Å². The molecule has 3 rings (SSSR count). The highest BCUT2D eigenvalue weighted by molar-refractivity contribution is 7.99. The normalized spacial score (nSPS) is 16.6. The Morgan fingerprint density at radius 1 is 1.00 bits per heavy atom. The number of aliphatic hydroxyl groups is 1. The first kappa shape index (κ1) is 22.0. The number of thioether (sulfide) groups is 1. The fourth-order valence-electron chi connectivity index (χ4n) is 3.50. The highest BCUT2D eigenvalue weighted by atomic mass is 32.2. The van der Waals surface area contributed by atoms with Crippen molar-refractivity contribution in [2.24, 2.45) is 0 Å². The molecule has 0 amide bonds. The lowest BCUT2D eigenvalue weighted by atomic mass is 10.1. The number of hydrogen-bond donors (Lipinski definition) is 1. The molecule has 2 aromatic rings. The topological polar surface area (TPSA) is 43.8 Å². The molecule has 1 atom stereocenters. The number of hydrogen-bond acceptors (Lipinski definition) is 5. The molecule has 29 heavy (non-hydrogen) atoms. The zero-order chi connectivity index (χ0) is 20.5. The van der Waals surface area contributed by atoms with Crippen molar-refractivity contribution in [3.05, 3.63) is 66.0 Å². The van der Waals surface area contributed by atoms with Gasteiger partial charge in [0.1, 0.15) is 5.82 Å². The Morgan fingerprint density at radius 2 is 1.66 bits per heavy atom. The van der Waals surface area contributed by atoms with Crippen molar-refractivity contribution in [3.8, 4) is 0 Å². The second kappa shape index (κ2) is 11.5. The molecule has 1 fully saturated rings. The van der Waals surface area contributed by atoms with Crippen LogP contribution in [0.15, 0.2) is 59.5 Å². The summed E-state index contributed by atoms with van der Waals surface area (Å²) in [6.07, 6.45) is 0.966. The van der Waals surface area contributed by atoms with Gasteiger partial charge in [-0.3, -0.25) is 9.69 Å². The van der Waals surface area contributed by atoms with E-state index in [1.54, 1.807) is 23.9 Å². The fraction of sp³-hybridized carbons (Fsp3) is 0.435. The Balaban J connectivity index is 1.29. The van der Waals surface area contributed by atoms with Crippen molar-refractivity contribution < 1.29 is 14.3 Å². The quantitative estimate of drug-likeness (QED) is 0.474. The first-order valence-electron chi connectivity index (χ1n) is 10.2. The van der Waals surface area contributed by atoms with Gasteiger partial charge in [-0.25, -0.2) is 4.39 Å². The molecule has 0 spiro atoms. The van der Waals surface area contributed by atoms with Crippen LogP contribution in [0.4, 0.5) is 4.39 Å². The van der Waals surface area contributed by atoms with Crippen LogP contribution in [-0.4, -0.2) is 71.8 Å². The summed E-state index contributed by atoms with van der Waals surface area (Å²) in [6.45, 7) is 5.41. The molecule has 1 aliphatic heterocycles. The number of carbonyl (C=O) groups is 1. The lowest BCUT2D eigenvalue weighted by Crippen LogP contribution is -2.49. The molecule has 1 aliphatic rings. The molecule has 4 nitrogen and oxygen atoms in total. The highest BCUT2D eigenvalue weighted by Gasteiger charge is 2.19. The Bertz CT molecular complexity index is 749. The highest BCUT2D eigenvalue weighted by Crippen LogP contribution is 2.18. The van der Waals surface area contributed by atoms with E-state index in [0.717, 1.165) is 39.1 Å². The van der Waals surface area contributed by atoms with E-state index in [1.807, 2.05) is 18.2 Å². The number of nitrogens with zero attached hydrogens (tertiary/aromatic N) is 2. The third-order valence-corrected chi connectivity index (χ3v) is 6.32. The van der Waals surface area contributed by atoms with Crippen molar-refractivity contribution in [1.82, 2.24) is 9.80 Å². The van der Waals surface area contributed by atoms with Gasteiger partial charge in [0.25, 0.3) is 0 Å². The van der Waals surface area contributed by atoms with Crippen LogP contribution in [0.1, 0.15) is 23.2 Å². The smallest absolute Gasteiger partial charge is 0.162 e. The van der Waals surface area contributed by atoms with E-state index in [0.29, 0.717) is 24.3 Å². The van der Waals surface area contributed by atoms with Gasteiger partial charge in [-0.2, -0.15) is 0 Å². The van der Waals surface area contributed by atoms with E-state index in [1.165, 1.54) is 17.0 Å². The second-order valence-electron chi connectivity index (χ2n) is 7.45. The molecule has 0 radical (unpaired) electrons. The van der Waals surface area contributed by atoms with Crippen LogP contribution in [0.5, 0.6) is 0 Å². The summed E-state index contributed by atoms with van der Waals surface area (Å²) in [5.41, 5.74) is 0.582. The minimum Gasteiger partial charge on any atom is -0.391 e. The molecule has 1 saturated heterocycles. The zero-order valence-corrected chi connectivity index (χ0v) is 17.5. The SMILES string of the molecule is O=C(CCCN1CCN(CC(O)CSc2ccccc2)CC1)c1ccc(F)cc1. The van der Waals surface area contributed by atoms with Gasteiger partial charge in [0.2, 0.25) is 0 Å². The Kier molecular flexibility index (Phi) is 8.68. The number of aliphatic hydroxyl groups excluding tert-OH is 1. The van der Waals surface area contributed by atoms with Gasteiger partial charge >= 0.3 is 0 Å². The van der Waals surface area contributed by atoms with E-state index in [-0.39, 0.29) is 17.7 Å². The molecule has 6 heteroatoms. The van der Waals surface area contributed by atoms with E-state index in [4.69, 9.17) is 0 Å². The third-order valence-electron chi connectivity index (χ3n) is 5.16. The summed E-state index contributed by atoms with van der Waals surface area (Å²) in [5, 5.41) is 10.3. The lowest BCUT2D eigenvalue weighted by molar-refractivity contribution is 0.0805. The van der Waals surface area contributed by atoms with Crippen LogP contribution >= 0.6 is 11.8 Å². The number of ketones is 1. The molecule has 0 aliphatic carbocycles. The van der Waals surface area contributed by atoms with E-state index in [2.05, 4.69) is 21.9 Å². The van der Waals surface area contributed by atoms with Gasteiger partial charge in [0.15, 0.2) is 5.78 Å². The van der Waals surface area contributed by atoms with E-state index >= 15 is 0 Å². The van der Waals surface area contributed by atoms with Crippen molar-refractivity contribution >= 4 is 17.5 Å². The van der Waals surface area contributed by atoms with Gasteiger partial charge in [0, 0.05) is 55.4 Å². The summed E-state index contributed by atoms with van der Waals surface area (Å²) in [6, 6.07) is 15.9. The van der Waals surface area contributed by atoms with Gasteiger partial charge in [-0.15, -0.1) is 11.8 Å². The minimum atomic E-state index is -0.333. The molecule has 156 valence electrons. The average molecular weight is 417 g/mol. The summed E-state index contributed by atoms with van der Waals surface area (Å²) >= 11 is 1.69. The van der Waals surface area contributed by atoms with Gasteiger partial charge in [0.05, 0.1) is 6.10 Å². The molecule has 2 aromatic carbocycles. The number of rotatable bonds is 10. The number of carbonyl (C=O) groups excluding carboxylic acids is 1. The van der Waals surface area contributed by atoms with Crippen molar-refractivity contribution in [2.75, 3.05) is 45.0 Å². The monoisotopic (exact) mass is 416 g/mol. The molecule has 1 unspecified atom stereocenters. The van der Waals surface area contributed by atoms with Gasteiger partial charge < -0.3 is 10.0 Å². The number of piperazine rings is 1. The zero-order valence-electron chi connectivity index (χ0n) is 16.7. The third kappa shape index (κ3) is 7.55. The standard InChI is InChI=1S/C23H29FN2O2S/c24-20-10-8-19(9-11-20)23(28)7-4-12-25-13-15-26(16-14-25)17-21(27)18-29-22-5-2-1-3-6-22/h1-3,5-6,8-11,21,27H,4,7,12-18H2. The fourth-order valence-corrected chi connectivity index (χ4v) is 4.34. The van der Waals surface area contributed by atoms with Crippen LogP contribution in [0, 0.1) is 5.82 Å². The molecule has 0 saturated carbocycles. The first-order valence-corrected chi connectivity index (χ1v) is 11.2. The molecule has 1 heterocycles. The predicted octanol–water partition coefficient (Wildman–Crippen LogP) is 3.56. The average Bonchev–Trinajstić information content (AvgIpc) is 2.75. The Labute approximate surface area is 176 Å². The number of β-amino-alcohol motifs (C(OH)–C–C–N with tert-alkyl or cyclic N) is 1. The van der Waals surface area contributed by atoms with E-state index in [9.17, 15) is 14.3 Å². The first-order chi connectivity index (χ1) is 14.1. The van der Waals surface area contributed by atoms with Crippen molar-refractivity contribution in [1.29, 1.82) is 0 Å². The summed E-state index contributed by atoms with van der Waals surface area (Å²) in [5.74, 6) is 0.460. The number of halogens is 1. The molecular weight excluding hydrogens is 387 g/mol. The number of benzene rings is 2. The van der Waals surface area contributed by atoms with Gasteiger partial charge in [-0.1, -0.05) is 18.2 Å². The van der Waals surface area contributed by atoms with Crippen LogP contribution < -0.4 is 0 Å². The van der Waals surface area contributed by atoms with Crippen molar-refractivity contribution in [2.45, 2.75) is 23.8 Å². The largest absolute Gasteiger partial charge is 0.391 e. The maximum Gasteiger partial charge on any atom is 0.162 e. The summed E-state index contributed by atoms with van der Waals surface area (Å²) < 4.78 is 12.9. The molecule has 1 N–H and O–H groups in total. The maximum atomic E-state index is 12.9. The van der Waals surface area contributed by atoms with Crippen LogP contribution in [-0.2, 0) is 0 Å². The maximum absolute atomic E-state index is 12.9. The van der Waals surface area contributed by atoms with Gasteiger partial charge in [-0.05, 0) is 49.4 Å². The van der Waals surface area contributed by atoms with Crippen LogP contribution in [0.3, 0.4) is 0 Å². The second-order valence-corrected chi connectivity index (χ2v) is 8.55.